The number of hydrogen-bond donors (Lipinski definition) is 1. The molecule has 0 bridgehead atoms. The number of aryl methyl sites for hydroxylation is 3. The highest BCUT2D eigenvalue weighted by Crippen LogP contribution is 2.41. The molecule has 2 aromatic rings. The van der Waals surface area contributed by atoms with E-state index in [1.54, 1.807) is 24.7 Å². The van der Waals surface area contributed by atoms with Crippen LogP contribution in [0.2, 0.25) is 0 Å². The summed E-state index contributed by atoms with van der Waals surface area (Å²) in [5.74, 6) is 0.400. The summed E-state index contributed by atoms with van der Waals surface area (Å²) in [6.07, 6.45) is 4.03. The first-order valence-corrected chi connectivity index (χ1v) is 8.49. The average molecular weight is 343 g/mol. The van der Waals surface area contributed by atoms with Gasteiger partial charge in [-0.1, -0.05) is 0 Å². The minimum Gasteiger partial charge on any atom is -0.436 e. The maximum absolute atomic E-state index is 12.6. The first-order chi connectivity index (χ1) is 12.0. The second-order valence-electron chi connectivity index (χ2n) is 6.79. The lowest BCUT2D eigenvalue weighted by Crippen LogP contribution is -2.41. The van der Waals surface area contributed by atoms with Crippen LogP contribution in [-0.2, 0) is 11.8 Å². The highest BCUT2D eigenvalue weighted by molar-refractivity contribution is 5.93. The van der Waals surface area contributed by atoms with Crippen molar-refractivity contribution in [1.29, 1.82) is 0 Å². The number of carbonyl (C=O) groups is 2. The molecular formula is C17H21N5O3. The van der Waals surface area contributed by atoms with Crippen LogP contribution in [0.5, 0.6) is 0 Å². The fourth-order valence-corrected chi connectivity index (χ4v) is 3.67. The molecule has 25 heavy (non-hydrogen) atoms. The maximum atomic E-state index is 12.6. The van der Waals surface area contributed by atoms with Gasteiger partial charge in [-0.3, -0.25) is 14.3 Å². The lowest BCUT2D eigenvalue weighted by molar-refractivity contribution is -0.129. The molecule has 0 spiro atoms. The minimum atomic E-state index is -0.333. The zero-order valence-electron chi connectivity index (χ0n) is 14.5. The Morgan fingerprint density at radius 2 is 2.12 bits per heavy atom. The van der Waals surface area contributed by atoms with Crippen molar-refractivity contribution in [3.63, 3.8) is 0 Å². The van der Waals surface area contributed by atoms with Gasteiger partial charge in [-0.05, 0) is 25.8 Å². The minimum absolute atomic E-state index is 0.0736. The summed E-state index contributed by atoms with van der Waals surface area (Å²) in [5.41, 5.74) is 1.48. The summed E-state index contributed by atoms with van der Waals surface area (Å²) >= 11 is 0. The largest absolute Gasteiger partial charge is 0.436 e. The number of oxazole rings is 1. The van der Waals surface area contributed by atoms with Gasteiger partial charge in [0.25, 0.3) is 5.91 Å². The van der Waals surface area contributed by atoms with E-state index >= 15 is 0 Å². The van der Waals surface area contributed by atoms with Crippen molar-refractivity contribution in [2.45, 2.75) is 51.2 Å². The molecule has 2 amide bonds. The second kappa shape index (κ2) is 5.72. The number of carbonyl (C=O) groups excluding carboxylic acids is 2. The van der Waals surface area contributed by atoms with Crippen molar-refractivity contribution in [1.82, 2.24) is 25.0 Å². The molecular weight excluding hydrogens is 322 g/mol. The Bertz CT molecular complexity index is 835. The van der Waals surface area contributed by atoms with Gasteiger partial charge in [0.15, 0.2) is 5.89 Å². The number of aromatic nitrogens is 3. The van der Waals surface area contributed by atoms with Crippen LogP contribution in [0, 0.1) is 13.8 Å². The van der Waals surface area contributed by atoms with E-state index in [0.29, 0.717) is 11.6 Å². The monoisotopic (exact) mass is 343 g/mol. The Morgan fingerprint density at radius 1 is 1.36 bits per heavy atom. The van der Waals surface area contributed by atoms with E-state index in [0.717, 1.165) is 18.5 Å². The molecule has 1 aliphatic heterocycles. The van der Waals surface area contributed by atoms with Gasteiger partial charge in [-0.15, -0.1) is 0 Å². The Hall–Kier alpha value is -2.64. The molecule has 132 valence electrons. The smallest absolute Gasteiger partial charge is 0.289 e. The van der Waals surface area contributed by atoms with Crippen LogP contribution in [0.3, 0.4) is 0 Å². The predicted octanol–water partition coefficient (Wildman–Crippen LogP) is 1.26. The average Bonchev–Trinajstić information content (AvgIpc) is 3.09. The summed E-state index contributed by atoms with van der Waals surface area (Å²) in [7, 11) is 1.85. The lowest BCUT2D eigenvalue weighted by Gasteiger charge is -2.28. The molecule has 2 fully saturated rings. The third kappa shape index (κ3) is 2.71. The van der Waals surface area contributed by atoms with Gasteiger partial charge < -0.3 is 14.6 Å². The number of amides is 2. The van der Waals surface area contributed by atoms with Crippen LogP contribution in [0.15, 0.2) is 16.7 Å². The van der Waals surface area contributed by atoms with Crippen molar-refractivity contribution >= 4 is 11.8 Å². The number of nitrogens with zero attached hydrogens (tertiary/aromatic N) is 4. The summed E-state index contributed by atoms with van der Waals surface area (Å²) in [6.45, 7) is 3.44. The third-order valence-corrected chi connectivity index (χ3v) is 4.89. The first kappa shape index (κ1) is 15.9. The Balaban J connectivity index is 1.63. The van der Waals surface area contributed by atoms with Gasteiger partial charge in [0.2, 0.25) is 11.7 Å². The lowest BCUT2D eigenvalue weighted by atomic mass is 10.1. The molecule has 0 aromatic carbocycles. The molecule has 1 saturated carbocycles. The predicted molar refractivity (Wildman–Crippen MR) is 87.7 cm³/mol. The summed E-state index contributed by atoms with van der Waals surface area (Å²) < 4.78 is 7.18. The molecule has 1 aliphatic carbocycles. The van der Waals surface area contributed by atoms with Crippen LogP contribution in [0.4, 0.5) is 0 Å². The van der Waals surface area contributed by atoms with E-state index in [-0.39, 0.29) is 42.1 Å². The van der Waals surface area contributed by atoms with Gasteiger partial charge in [0.05, 0.1) is 23.5 Å². The van der Waals surface area contributed by atoms with E-state index in [4.69, 9.17) is 4.42 Å². The van der Waals surface area contributed by atoms with Crippen molar-refractivity contribution < 1.29 is 14.0 Å². The molecule has 1 N–H and O–H groups in total. The van der Waals surface area contributed by atoms with E-state index in [2.05, 4.69) is 15.4 Å². The summed E-state index contributed by atoms with van der Waals surface area (Å²) in [5, 5.41) is 7.21. The standard InChI is InChI=1S/C17H21N5O3/c1-9-16(25-10(2)19-9)17(24)20-12-8-14(23)22(11-4-5-11)15(12)13-6-7-18-21(13)3/h6-7,11-12,15H,4-5,8H2,1-3H3,(H,20,24)/t12-,15-/m1/s1. The highest BCUT2D eigenvalue weighted by Gasteiger charge is 2.48. The first-order valence-electron chi connectivity index (χ1n) is 8.49. The molecule has 2 aromatic heterocycles. The van der Waals surface area contributed by atoms with Crippen LogP contribution < -0.4 is 5.32 Å². The number of nitrogens with one attached hydrogen (secondary N) is 1. The zero-order valence-corrected chi connectivity index (χ0v) is 14.5. The molecule has 2 aliphatic rings. The van der Waals surface area contributed by atoms with Gasteiger partial charge in [-0.2, -0.15) is 5.10 Å². The van der Waals surface area contributed by atoms with Gasteiger partial charge in [0.1, 0.15) is 0 Å². The van der Waals surface area contributed by atoms with Crippen LogP contribution in [0.1, 0.15) is 53.1 Å². The third-order valence-electron chi connectivity index (χ3n) is 4.89. The summed E-state index contributed by atoms with van der Waals surface area (Å²) in [6, 6.07) is 1.65. The Morgan fingerprint density at radius 3 is 2.68 bits per heavy atom. The molecule has 4 rings (SSSR count). The topological polar surface area (TPSA) is 93.3 Å². The molecule has 8 heteroatoms. The van der Waals surface area contributed by atoms with Crippen LogP contribution in [-0.4, -0.2) is 43.6 Å². The van der Waals surface area contributed by atoms with Gasteiger partial charge in [0, 0.05) is 32.6 Å². The quantitative estimate of drug-likeness (QED) is 0.902. The van der Waals surface area contributed by atoms with Crippen molar-refractivity contribution in [2.24, 2.45) is 7.05 Å². The Labute approximate surface area is 145 Å². The molecule has 0 unspecified atom stereocenters. The highest BCUT2D eigenvalue weighted by atomic mass is 16.4. The Kier molecular flexibility index (Phi) is 3.63. The maximum Gasteiger partial charge on any atom is 0.289 e. The molecule has 8 nitrogen and oxygen atoms in total. The fraction of sp³-hybridized carbons (Fsp3) is 0.529. The van der Waals surface area contributed by atoms with Gasteiger partial charge >= 0.3 is 0 Å². The van der Waals surface area contributed by atoms with Crippen LogP contribution in [0.25, 0.3) is 0 Å². The number of likely N-dealkylation sites (tertiary alicyclic amines) is 1. The molecule has 1 saturated heterocycles. The van der Waals surface area contributed by atoms with Crippen molar-refractivity contribution in [2.75, 3.05) is 0 Å². The fourth-order valence-electron chi connectivity index (χ4n) is 3.67. The van der Waals surface area contributed by atoms with E-state index < -0.39 is 0 Å². The van der Waals surface area contributed by atoms with E-state index in [1.807, 2.05) is 18.0 Å². The second-order valence-corrected chi connectivity index (χ2v) is 6.79. The van der Waals surface area contributed by atoms with E-state index in [1.165, 1.54) is 0 Å². The number of hydrogen-bond acceptors (Lipinski definition) is 5. The van der Waals surface area contributed by atoms with Crippen molar-refractivity contribution in [3.8, 4) is 0 Å². The SMILES string of the molecule is Cc1nc(C)c(C(=O)N[C@@H]2CC(=O)N(C3CC3)[C@H]2c2ccnn2C)o1. The number of rotatable bonds is 4. The van der Waals surface area contributed by atoms with Gasteiger partial charge in [-0.25, -0.2) is 4.98 Å². The van der Waals surface area contributed by atoms with Crippen LogP contribution >= 0.6 is 0 Å². The normalized spacial score (nSPS) is 23.3. The molecule has 0 radical (unpaired) electrons. The van der Waals surface area contributed by atoms with Crippen molar-refractivity contribution in [3.05, 3.63) is 35.3 Å². The zero-order chi connectivity index (χ0) is 17.7. The molecule has 3 heterocycles. The van der Waals surface area contributed by atoms with E-state index in [9.17, 15) is 9.59 Å². The summed E-state index contributed by atoms with van der Waals surface area (Å²) in [4.78, 5) is 31.3. The molecule has 2 atom stereocenters.